The third kappa shape index (κ3) is 2.17. The van der Waals surface area contributed by atoms with Gasteiger partial charge in [-0.05, 0) is 22.6 Å². The maximum absolute atomic E-state index is 11.7. The molecule has 2 aromatic rings. The summed E-state index contributed by atoms with van der Waals surface area (Å²) in [6.45, 7) is 0.218. The van der Waals surface area contributed by atoms with Crippen LogP contribution in [0.3, 0.4) is 0 Å². The van der Waals surface area contributed by atoms with Crippen LogP contribution in [-0.2, 0) is 6.54 Å². The Morgan fingerprint density at radius 1 is 1.53 bits per heavy atom. The summed E-state index contributed by atoms with van der Waals surface area (Å²) < 4.78 is 6.29. The molecule has 78 valence electrons. The molecule has 0 aliphatic heterocycles. The molecule has 0 radical (unpaired) electrons. The van der Waals surface area contributed by atoms with E-state index in [4.69, 9.17) is 11.6 Å². The third-order valence-corrected chi connectivity index (χ3v) is 3.24. The molecular weight excluding hydrogens is 334 g/mol. The summed E-state index contributed by atoms with van der Waals surface area (Å²) >= 11 is 7.53. The van der Waals surface area contributed by atoms with Crippen LogP contribution in [0.4, 0.5) is 0 Å². The molecule has 0 amide bonds. The molecule has 0 N–H and O–H groups in total. The van der Waals surface area contributed by atoms with Crippen molar-refractivity contribution >= 4 is 34.2 Å². The van der Waals surface area contributed by atoms with Crippen molar-refractivity contribution in [2.45, 2.75) is 6.54 Å². The molecule has 0 aromatic carbocycles. The smallest absolute Gasteiger partial charge is 0.268 e. The van der Waals surface area contributed by atoms with Gasteiger partial charge in [-0.3, -0.25) is 9.36 Å². The molecule has 0 saturated carbocycles. The Bertz CT molecular complexity index is 524. The molecule has 2 heterocycles. The lowest BCUT2D eigenvalue weighted by Gasteiger charge is -2.02. The van der Waals surface area contributed by atoms with E-state index in [1.807, 2.05) is 22.6 Å². The molecule has 0 bridgehead atoms. The highest BCUT2D eigenvalue weighted by atomic mass is 127. The Balaban J connectivity index is 2.38. The summed E-state index contributed by atoms with van der Waals surface area (Å²) in [4.78, 5) is 19.3. The molecule has 0 saturated heterocycles. The topological polar surface area (TPSA) is 73.8 Å². The Hall–Kier alpha value is -0.960. The zero-order chi connectivity index (χ0) is 10.8. The minimum Gasteiger partial charge on any atom is -0.343 e. The van der Waals surface area contributed by atoms with Crippen molar-refractivity contribution < 1.29 is 4.52 Å². The van der Waals surface area contributed by atoms with Crippen LogP contribution in [-0.4, -0.2) is 19.7 Å². The van der Waals surface area contributed by atoms with Gasteiger partial charge in [-0.2, -0.15) is 4.98 Å². The van der Waals surface area contributed by atoms with Crippen molar-refractivity contribution in [1.82, 2.24) is 19.7 Å². The van der Waals surface area contributed by atoms with Crippen LogP contribution in [0.2, 0.25) is 5.15 Å². The van der Waals surface area contributed by atoms with Crippen LogP contribution >= 0.6 is 34.2 Å². The van der Waals surface area contributed by atoms with Gasteiger partial charge in [-0.1, -0.05) is 16.8 Å². The van der Waals surface area contributed by atoms with Crippen LogP contribution in [0.15, 0.2) is 22.0 Å². The SMILES string of the molecule is O=c1c(I)c(Cl)ncn1Cc1ncon1. The highest BCUT2D eigenvalue weighted by molar-refractivity contribution is 14.1. The fourth-order valence-electron chi connectivity index (χ4n) is 0.971. The monoisotopic (exact) mass is 338 g/mol. The number of hydrogen-bond donors (Lipinski definition) is 0. The predicted octanol–water partition coefficient (Wildman–Crippen LogP) is 0.933. The molecule has 2 rings (SSSR count). The molecular formula is C7H4ClIN4O2. The van der Waals surface area contributed by atoms with E-state index in [-0.39, 0.29) is 17.3 Å². The molecule has 0 atom stereocenters. The van der Waals surface area contributed by atoms with Gasteiger partial charge in [0.15, 0.2) is 5.82 Å². The average Bonchev–Trinajstić information content (AvgIpc) is 2.72. The number of halogens is 2. The first-order valence-corrected chi connectivity index (χ1v) is 5.30. The predicted molar refractivity (Wildman–Crippen MR) is 59.6 cm³/mol. The van der Waals surface area contributed by atoms with Crippen LogP contribution in [0.1, 0.15) is 5.82 Å². The summed E-state index contributed by atoms with van der Waals surface area (Å²) in [5.41, 5.74) is -0.222. The average molecular weight is 338 g/mol. The Morgan fingerprint density at radius 2 is 2.33 bits per heavy atom. The fourth-order valence-corrected chi connectivity index (χ4v) is 1.54. The number of hydrogen-bond acceptors (Lipinski definition) is 5. The van der Waals surface area contributed by atoms with Crippen molar-refractivity contribution in [3.05, 3.63) is 37.6 Å². The highest BCUT2D eigenvalue weighted by Gasteiger charge is 2.08. The number of rotatable bonds is 2. The molecule has 0 spiro atoms. The fraction of sp³-hybridized carbons (Fsp3) is 0.143. The van der Waals surface area contributed by atoms with E-state index in [0.29, 0.717) is 9.39 Å². The quantitative estimate of drug-likeness (QED) is 0.602. The molecule has 0 unspecified atom stereocenters. The second-order valence-corrected chi connectivity index (χ2v) is 4.07. The summed E-state index contributed by atoms with van der Waals surface area (Å²) in [6.07, 6.45) is 2.55. The highest BCUT2D eigenvalue weighted by Crippen LogP contribution is 2.09. The van der Waals surface area contributed by atoms with Crippen LogP contribution < -0.4 is 5.56 Å². The normalized spacial score (nSPS) is 10.5. The zero-order valence-electron chi connectivity index (χ0n) is 7.22. The summed E-state index contributed by atoms with van der Waals surface area (Å²) in [6, 6.07) is 0. The van der Waals surface area contributed by atoms with E-state index in [9.17, 15) is 4.79 Å². The molecule has 15 heavy (non-hydrogen) atoms. The van der Waals surface area contributed by atoms with Gasteiger partial charge in [0.2, 0.25) is 6.39 Å². The Kier molecular flexibility index (Phi) is 3.00. The van der Waals surface area contributed by atoms with Gasteiger partial charge in [0.05, 0.1) is 12.9 Å². The van der Waals surface area contributed by atoms with Crippen molar-refractivity contribution in [1.29, 1.82) is 0 Å². The standard InChI is InChI=1S/C7H4ClIN4O2/c8-6-5(9)7(14)13(2-10-6)1-4-11-3-15-12-4/h2-3H,1H2. The van der Waals surface area contributed by atoms with Gasteiger partial charge in [0.25, 0.3) is 5.56 Å². The van der Waals surface area contributed by atoms with Crippen molar-refractivity contribution in [2.75, 3.05) is 0 Å². The van der Waals surface area contributed by atoms with Gasteiger partial charge in [-0.15, -0.1) is 0 Å². The van der Waals surface area contributed by atoms with Gasteiger partial charge in [-0.25, -0.2) is 4.98 Å². The van der Waals surface area contributed by atoms with Crippen LogP contribution in [0.25, 0.3) is 0 Å². The molecule has 0 aliphatic rings. The maximum atomic E-state index is 11.7. The van der Waals surface area contributed by atoms with Gasteiger partial charge in [0, 0.05) is 0 Å². The molecule has 8 heteroatoms. The van der Waals surface area contributed by atoms with E-state index in [0.717, 1.165) is 0 Å². The second kappa shape index (κ2) is 4.27. The summed E-state index contributed by atoms with van der Waals surface area (Å²) in [5, 5.41) is 3.79. The maximum Gasteiger partial charge on any atom is 0.268 e. The van der Waals surface area contributed by atoms with Crippen molar-refractivity contribution in [2.24, 2.45) is 0 Å². The lowest BCUT2D eigenvalue weighted by molar-refractivity contribution is 0.407. The first-order valence-electron chi connectivity index (χ1n) is 3.84. The Morgan fingerprint density at radius 3 is 3.00 bits per heavy atom. The zero-order valence-corrected chi connectivity index (χ0v) is 10.1. The lowest BCUT2D eigenvalue weighted by Crippen LogP contribution is -2.24. The van der Waals surface area contributed by atoms with Gasteiger partial charge >= 0.3 is 0 Å². The number of aromatic nitrogens is 4. The lowest BCUT2D eigenvalue weighted by atomic mass is 10.5. The summed E-state index contributed by atoms with van der Waals surface area (Å²) in [5.74, 6) is 0.414. The van der Waals surface area contributed by atoms with E-state index < -0.39 is 0 Å². The molecule has 0 aliphatic carbocycles. The van der Waals surface area contributed by atoms with Crippen molar-refractivity contribution in [3.63, 3.8) is 0 Å². The van der Waals surface area contributed by atoms with E-state index in [1.54, 1.807) is 0 Å². The van der Waals surface area contributed by atoms with E-state index in [2.05, 4.69) is 19.6 Å². The number of nitrogens with zero attached hydrogens (tertiary/aromatic N) is 4. The molecule has 2 aromatic heterocycles. The van der Waals surface area contributed by atoms with Crippen molar-refractivity contribution in [3.8, 4) is 0 Å². The first kappa shape index (κ1) is 10.6. The largest absolute Gasteiger partial charge is 0.343 e. The van der Waals surface area contributed by atoms with Gasteiger partial charge in [0.1, 0.15) is 8.72 Å². The van der Waals surface area contributed by atoms with E-state index >= 15 is 0 Å². The van der Waals surface area contributed by atoms with Crippen LogP contribution in [0, 0.1) is 3.57 Å². The van der Waals surface area contributed by atoms with Gasteiger partial charge < -0.3 is 4.52 Å². The molecule has 0 fully saturated rings. The second-order valence-electron chi connectivity index (χ2n) is 2.63. The third-order valence-electron chi connectivity index (χ3n) is 1.66. The van der Waals surface area contributed by atoms with E-state index in [1.165, 1.54) is 17.3 Å². The van der Waals surface area contributed by atoms with Crippen LogP contribution in [0.5, 0.6) is 0 Å². The minimum absolute atomic E-state index is 0.199. The Labute approximate surface area is 102 Å². The first-order chi connectivity index (χ1) is 7.18. The summed E-state index contributed by atoms with van der Waals surface area (Å²) in [7, 11) is 0. The molecule has 6 nitrogen and oxygen atoms in total. The minimum atomic E-state index is -0.222.